The molecule has 0 saturated carbocycles. The van der Waals surface area contributed by atoms with Crippen molar-refractivity contribution in [2.75, 3.05) is 18.6 Å². The second kappa shape index (κ2) is 10.8. The summed E-state index contributed by atoms with van der Waals surface area (Å²) in [4.78, 5) is 40.7. The van der Waals surface area contributed by atoms with Crippen LogP contribution in [-0.4, -0.2) is 54.1 Å². The average molecular weight is 434 g/mol. The van der Waals surface area contributed by atoms with Gasteiger partial charge >= 0.3 is 12.1 Å². The standard InChI is InChI=1S/C21H27N3O5S/c1-21(2,3)29-20(27)24-15(10-11-30-4)18(25)22-13-17-23-16(19(26)28-17)12-14-8-6-5-7-9-14/h5-9,12,15H,10-11,13H2,1-4H3,(H,22,25)(H,24,27)/b16-12+/t15-/m1/s1. The molecule has 162 valence electrons. The highest BCUT2D eigenvalue weighted by Crippen LogP contribution is 2.15. The third-order valence-corrected chi connectivity index (χ3v) is 4.44. The van der Waals surface area contributed by atoms with Gasteiger partial charge < -0.3 is 20.1 Å². The van der Waals surface area contributed by atoms with E-state index in [0.29, 0.717) is 12.2 Å². The molecule has 9 heteroatoms. The number of cyclic esters (lactones) is 1. The number of nitrogens with one attached hydrogen (secondary N) is 2. The Balaban J connectivity index is 1.97. The van der Waals surface area contributed by atoms with Crippen molar-refractivity contribution in [2.24, 2.45) is 4.99 Å². The summed E-state index contributed by atoms with van der Waals surface area (Å²) in [6, 6.07) is 8.48. The van der Waals surface area contributed by atoms with Gasteiger partial charge in [-0.15, -0.1) is 0 Å². The number of hydrogen-bond acceptors (Lipinski definition) is 7. The minimum Gasteiger partial charge on any atom is -0.444 e. The summed E-state index contributed by atoms with van der Waals surface area (Å²) in [6.07, 6.45) is 3.29. The van der Waals surface area contributed by atoms with E-state index in [2.05, 4.69) is 15.6 Å². The fourth-order valence-electron chi connectivity index (χ4n) is 2.48. The van der Waals surface area contributed by atoms with Crippen LogP contribution >= 0.6 is 11.8 Å². The van der Waals surface area contributed by atoms with Crippen LogP contribution in [0.4, 0.5) is 4.79 Å². The van der Waals surface area contributed by atoms with E-state index in [-0.39, 0.29) is 18.1 Å². The lowest BCUT2D eigenvalue weighted by molar-refractivity contribution is -0.130. The number of esters is 1. The number of aliphatic imine (C=N–C) groups is 1. The van der Waals surface area contributed by atoms with Crippen molar-refractivity contribution in [3.63, 3.8) is 0 Å². The van der Waals surface area contributed by atoms with E-state index in [9.17, 15) is 14.4 Å². The van der Waals surface area contributed by atoms with E-state index < -0.39 is 29.6 Å². The van der Waals surface area contributed by atoms with E-state index in [1.807, 2.05) is 36.6 Å². The van der Waals surface area contributed by atoms with Crippen LogP contribution in [0.2, 0.25) is 0 Å². The molecule has 1 aromatic carbocycles. The Bertz CT molecular complexity index is 831. The zero-order valence-electron chi connectivity index (χ0n) is 17.6. The molecular formula is C21H27N3O5S. The van der Waals surface area contributed by atoms with Crippen LogP contribution in [0.15, 0.2) is 41.0 Å². The van der Waals surface area contributed by atoms with Crippen LogP contribution < -0.4 is 10.6 Å². The van der Waals surface area contributed by atoms with Gasteiger partial charge in [0.05, 0.1) is 6.54 Å². The van der Waals surface area contributed by atoms with Gasteiger partial charge in [-0.2, -0.15) is 11.8 Å². The summed E-state index contributed by atoms with van der Waals surface area (Å²) in [6.45, 7) is 5.17. The second-order valence-electron chi connectivity index (χ2n) is 7.53. The predicted octanol–water partition coefficient (Wildman–Crippen LogP) is 2.75. The van der Waals surface area contributed by atoms with Gasteiger partial charge in [-0.25, -0.2) is 14.6 Å². The fraction of sp³-hybridized carbons (Fsp3) is 0.429. The van der Waals surface area contributed by atoms with Crippen LogP contribution in [0.5, 0.6) is 0 Å². The number of nitrogens with zero attached hydrogens (tertiary/aromatic N) is 1. The van der Waals surface area contributed by atoms with E-state index in [1.54, 1.807) is 38.6 Å². The monoisotopic (exact) mass is 433 g/mol. The second-order valence-corrected chi connectivity index (χ2v) is 8.52. The first-order valence-corrected chi connectivity index (χ1v) is 10.9. The molecule has 0 aromatic heterocycles. The van der Waals surface area contributed by atoms with Crippen LogP contribution in [-0.2, 0) is 19.1 Å². The van der Waals surface area contributed by atoms with Gasteiger partial charge in [-0.05, 0) is 50.8 Å². The molecule has 30 heavy (non-hydrogen) atoms. The molecule has 1 aliphatic heterocycles. The Morgan fingerprint density at radius 2 is 1.97 bits per heavy atom. The van der Waals surface area contributed by atoms with Gasteiger partial charge in [-0.3, -0.25) is 4.79 Å². The number of carbonyl (C=O) groups is 3. The van der Waals surface area contributed by atoms with E-state index in [0.717, 1.165) is 5.56 Å². The number of ether oxygens (including phenoxy) is 2. The summed E-state index contributed by atoms with van der Waals surface area (Å²) >= 11 is 1.56. The molecule has 0 spiro atoms. The number of rotatable bonds is 8. The first kappa shape index (κ1) is 23.5. The van der Waals surface area contributed by atoms with Crippen LogP contribution in [0.1, 0.15) is 32.8 Å². The Morgan fingerprint density at radius 1 is 1.27 bits per heavy atom. The maximum atomic E-state index is 12.6. The Morgan fingerprint density at radius 3 is 2.60 bits per heavy atom. The first-order chi connectivity index (χ1) is 14.2. The highest BCUT2D eigenvalue weighted by molar-refractivity contribution is 7.98. The summed E-state index contributed by atoms with van der Waals surface area (Å²) in [5, 5.41) is 5.24. The number of carbonyl (C=O) groups excluding carboxylic acids is 3. The Labute approximate surface area is 180 Å². The summed E-state index contributed by atoms with van der Waals surface area (Å²) < 4.78 is 10.3. The van der Waals surface area contributed by atoms with E-state index in [4.69, 9.17) is 9.47 Å². The van der Waals surface area contributed by atoms with Crippen LogP contribution in [0.25, 0.3) is 6.08 Å². The predicted molar refractivity (Wildman–Crippen MR) is 117 cm³/mol. The number of hydrogen-bond donors (Lipinski definition) is 2. The molecule has 1 atom stereocenters. The maximum Gasteiger partial charge on any atom is 0.408 e. The number of alkyl carbamates (subject to hydrolysis) is 1. The molecule has 1 aliphatic rings. The first-order valence-electron chi connectivity index (χ1n) is 9.50. The molecular weight excluding hydrogens is 406 g/mol. The number of benzene rings is 1. The SMILES string of the molecule is CSCC[C@@H](NC(=O)OC(C)(C)C)C(=O)NCC1=N/C(=C/c2ccccc2)C(=O)O1. The van der Waals surface area contributed by atoms with E-state index in [1.165, 1.54) is 0 Å². The molecule has 0 fully saturated rings. The quantitative estimate of drug-likeness (QED) is 0.482. The zero-order chi connectivity index (χ0) is 22.1. The maximum absolute atomic E-state index is 12.6. The third kappa shape index (κ3) is 7.90. The molecule has 8 nitrogen and oxygen atoms in total. The minimum atomic E-state index is -0.774. The van der Waals surface area contributed by atoms with Crippen molar-refractivity contribution < 1.29 is 23.9 Å². The molecule has 0 unspecified atom stereocenters. The Kier molecular flexibility index (Phi) is 8.46. The van der Waals surface area contributed by atoms with Crippen molar-refractivity contribution in [1.29, 1.82) is 0 Å². The van der Waals surface area contributed by atoms with Crippen molar-refractivity contribution in [2.45, 2.75) is 38.8 Å². The normalized spacial score (nSPS) is 15.9. The van der Waals surface area contributed by atoms with Crippen molar-refractivity contribution in [1.82, 2.24) is 10.6 Å². The lowest BCUT2D eigenvalue weighted by Gasteiger charge is -2.23. The van der Waals surface area contributed by atoms with Crippen LogP contribution in [0, 0.1) is 0 Å². The van der Waals surface area contributed by atoms with Crippen molar-refractivity contribution in [3.05, 3.63) is 41.6 Å². The Hall–Kier alpha value is -2.81. The highest BCUT2D eigenvalue weighted by atomic mass is 32.2. The lowest BCUT2D eigenvalue weighted by Crippen LogP contribution is -2.49. The largest absolute Gasteiger partial charge is 0.444 e. The molecule has 0 aliphatic carbocycles. The molecule has 0 saturated heterocycles. The molecule has 1 aromatic rings. The molecule has 0 radical (unpaired) electrons. The van der Waals surface area contributed by atoms with Gasteiger partial charge in [0.25, 0.3) is 0 Å². The van der Waals surface area contributed by atoms with Gasteiger partial charge in [0.1, 0.15) is 11.6 Å². The smallest absolute Gasteiger partial charge is 0.408 e. The summed E-state index contributed by atoms with van der Waals surface area (Å²) in [5.74, 6) is -0.215. The summed E-state index contributed by atoms with van der Waals surface area (Å²) in [7, 11) is 0. The van der Waals surface area contributed by atoms with Gasteiger partial charge in [-0.1, -0.05) is 30.3 Å². The van der Waals surface area contributed by atoms with E-state index >= 15 is 0 Å². The molecule has 2 rings (SSSR count). The highest BCUT2D eigenvalue weighted by Gasteiger charge is 2.26. The van der Waals surface area contributed by atoms with Gasteiger partial charge in [0.15, 0.2) is 5.70 Å². The molecule has 1 heterocycles. The number of amides is 2. The van der Waals surface area contributed by atoms with Crippen molar-refractivity contribution in [3.8, 4) is 0 Å². The minimum absolute atomic E-state index is 0.0670. The molecule has 0 bridgehead atoms. The summed E-state index contributed by atoms with van der Waals surface area (Å²) in [5.41, 5.74) is 0.312. The van der Waals surface area contributed by atoms with Crippen molar-refractivity contribution >= 4 is 41.7 Å². The number of thioether (sulfide) groups is 1. The van der Waals surface area contributed by atoms with Gasteiger partial charge in [0, 0.05) is 0 Å². The third-order valence-electron chi connectivity index (χ3n) is 3.80. The topological polar surface area (TPSA) is 106 Å². The lowest BCUT2D eigenvalue weighted by atomic mass is 10.2. The fourth-order valence-corrected chi connectivity index (χ4v) is 2.95. The molecule has 2 N–H and O–H groups in total. The molecule has 2 amide bonds. The van der Waals surface area contributed by atoms with Crippen LogP contribution in [0.3, 0.4) is 0 Å². The zero-order valence-corrected chi connectivity index (χ0v) is 18.4. The van der Waals surface area contributed by atoms with Gasteiger partial charge in [0.2, 0.25) is 11.8 Å². The average Bonchev–Trinajstić information content (AvgIpc) is 3.02.